The molecule has 0 aromatic rings. The summed E-state index contributed by atoms with van der Waals surface area (Å²) in [6.07, 6.45) is 0. The van der Waals surface area contributed by atoms with Gasteiger partial charge in [0.15, 0.2) is 0 Å². The van der Waals surface area contributed by atoms with Gasteiger partial charge in [-0.1, -0.05) is 6.92 Å². The summed E-state index contributed by atoms with van der Waals surface area (Å²) < 4.78 is 10.4. The van der Waals surface area contributed by atoms with E-state index in [1.165, 1.54) is 0 Å². The molecule has 1 saturated heterocycles. The lowest BCUT2D eigenvalue weighted by Gasteiger charge is -2.29. The van der Waals surface area contributed by atoms with Crippen molar-refractivity contribution in [1.29, 1.82) is 0 Å². The molecule has 16 heavy (non-hydrogen) atoms. The molecule has 1 N–H and O–H groups in total. The monoisotopic (exact) mass is 230 g/mol. The lowest BCUT2D eigenvalue weighted by Crippen LogP contribution is -2.42. The van der Waals surface area contributed by atoms with Crippen molar-refractivity contribution in [2.45, 2.75) is 19.9 Å². The predicted octanol–water partition coefficient (Wildman–Crippen LogP) is 0.579. The molecular formula is C12H26N2O2. The number of rotatable bonds is 7. The second kappa shape index (κ2) is 8.01. The number of nitrogens with zero attached hydrogens (tertiary/aromatic N) is 1. The van der Waals surface area contributed by atoms with Crippen molar-refractivity contribution in [1.82, 2.24) is 10.2 Å². The molecule has 0 aromatic heterocycles. The Morgan fingerprint density at radius 3 is 2.62 bits per heavy atom. The number of hydrogen-bond acceptors (Lipinski definition) is 4. The van der Waals surface area contributed by atoms with Gasteiger partial charge in [0.1, 0.15) is 0 Å². The molecule has 0 spiro atoms. The molecule has 0 aromatic carbocycles. The Kier molecular flexibility index (Phi) is 6.96. The third-order valence-corrected chi connectivity index (χ3v) is 2.91. The largest absolute Gasteiger partial charge is 0.383 e. The number of methoxy groups -OCH3 is 1. The molecule has 2 atom stereocenters. The maximum atomic E-state index is 5.34. The van der Waals surface area contributed by atoms with Crippen LogP contribution in [-0.4, -0.2) is 64.1 Å². The topological polar surface area (TPSA) is 33.7 Å². The van der Waals surface area contributed by atoms with Gasteiger partial charge in [0.25, 0.3) is 0 Å². The van der Waals surface area contributed by atoms with Gasteiger partial charge in [0.05, 0.1) is 19.8 Å². The number of nitrogens with one attached hydrogen (secondary N) is 1. The fourth-order valence-corrected chi connectivity index (χ4v) is 2.00. The molecule has 0 bridgehead atoms. The van der Waals surface area contributed by atoms with Crippen LogP contribution in [0.4, 0.5) is 0 Å². The molecule has 0 unspecified atom stereocenters. The second-order valence-electron chi connectivity index (χ2n) is 4.78. The van der Waals surface area contributed by atoms with Crippen molar-refractivity contribution in [3.05, 3.63) is 0 Å². The van der Waals surface area contributed by atoms with Gasteiger partial charge in [-0.2, -0.15) is 0 Å². The summed E-state index contributed by atoms with van der Waals surface area (Å²) in [5.74, 6) is 0.678. The summed E-state index contributed by atoms with van der Waals surface area (Å²) in [6, 6.07) is 0.442. The Hall–Kier alpha value is -0.160. The van der Waals surface area contributed by atoms with Crippen LogP contribution in [0.1, 0.15) is 13.8 Å². The minimum absolute atomic E-state index is 0.442. The van der Waals surface area contributed by atoms with Gasteiger partial charge in [-0.3, -0.25) is 4.90 Å². The molecule has 1 aliphatic rings. The zero-order chi connectivity index (χ0) is 11.8. The van der Waals surface area contributed by atoms with E-state index in [9.17, 15) is 0 Å². The van der Waals surface area contributed by atoms with Gasteiger partial charge in [-0.25, -0.2) is 0 Å². The first kappa shape index (κ1) is 13.9. The van der Waals surface area contributed by atoms with Gasteiger partial charge in [0, 0.05) is 32.8 Å². The van der Waals surface area contributed by atoms with Crippen molar-refractivity contribution >= 4 is 0 Å². The fourth-order valence-electron chi connectivity index (χ4n) is 2.00. The number of hydrogen-bond donors (Lipinski definition) is 1. The molecule has 0 radical (unpaired) electrons. The smallest absolute Gasteiger partial charge is 0.0613 e. The molecule has 1 rings (SSSR count). The van der Waals surface area contributed by atoms with E-state index < -0.39 is 0 Å². The molecule has 1 heterocycles. The van der Waals surface area contributed by atoms with Gasteiger partial charge in [0.2, 0.25) is 0 Å². The Morgan fingerprint density at radius 1 is 1.31 bits per heavy atom. The van der Waals surface area contributed by atoms with Crippen LogP contribution in [0.5, 0.6) is 0 Å². The average Bonchev–Trinajstić information content (AvgIpc) is 2.28. The SMILES string of the molecule is COC[C@H](C)NC[C@@H](C)CN1CCOCC1. The maximum absolute atomic E-state index is 5.34. The Bertz CT molecular complexity index is 172. The Balaban J connectivity index is 2.07. The van der Waals surface area contributed by atoms with E-state index >= 15 is 0 Å². The number of ether oxygens (including phenoxy) is 2. The van der Waals surface area contributed by atoms with Crippen LogP contribution in [0.15, 0.2) is 0 Å². The molecule has 4 nitrogen and oxygen atoms in total. The highest BCUT2D eigenvalue weighted by Gasteiger charge is 2.13. The zero-order valence-electron chi connectivity index (χ0n) is 10.9. The van der Waals surface area contributed by atoms with Crippen LogP contribution in [0.25, 0.3) is 0 Å². The minimum Gasteiger partial charge on any atom is -0.383 e. The van der Waals surface area contributed by atoms with Crippen LogP contribution in [0, 0.1) is 5.92 Å². The molecule has 1 aliphatic heterocycles. The molecule has 0 saturated carbocycles. The van der Waals surface area contributed by atoms with E-state index in [4.69, 9.17) is 9.47 Å². The minimum atomic E-state index is 0.442. The van der Waals surface area contributed by atoms with Crippen molar-refractivity contribution in [2.24, 2.45) is 5.92 Å². The normalized spacial score (nSPS) is 21.9. The van der Waals surface area contributed by atoms with Crippen LogP contribution in [0.2, 0.25) is 0 Å². The van der Waals surface area contributed by atoms with Crippen LogP contribution in [0.3, 0.4) is 0 Å². The van der Waals surface area contributed by atoms with E-state index in [1.54, 1.807) is 7.11 Å². The molecule has 0 aliphatic carbocycles. The van der Waals surface area contributed by atoms with Gasteiger partial charge < -0.3 is 14.8 Å². The van der Waals surface area contributed by atoms with E-state index in [2.05, 4.69) is 24.1 Å². The summed E-state index contributed by atoms with van der Waals surface area (Å²) in [4.78, 5) is 2.48. The van der Waals surface area contributed by atoms with Crippen LogP contribution < -0.4 is 5.32 Å². The Morgan fingerprint density at radius 2 is 2.00 bits per heavy atom. The van der Waals surface area contributed by atoms with Crippen molar-refractivity contribution in [3.8, 4) is 0 Å². The molecule has 96 valence electrons. The maximum Gasteiger partial charge on any atom is 0.0613 e. The molecule has 0 amide bonds. The summed E-state index contributed by atoms with van der Waals surface area (Å²) in [5, 5.41) is 3.49. The van der Waals surface area contributed by atoms with Crippen molar-refractivity contribution in [3.63, 3.8) is 0 Å². The van der Waals surface area contributed by atoms with E-state index in [-0.39, 0.29) is 0 Å². The average molecular weight is 230 g/mol. The van der Waals surface area contributed by atoms with Gasteiger partial charge in [-0.15, -0.1) is 0 Å². The molecule has 4 heteroatoms. The molecule has 1 fully saturated rings. The van der Waals surface area contributed by atoms with E-state index in [1.807, 2.05) is 0 Å². The molecular weight excluding hydrogens is 204 g/mol. The van der Waals surface area contributed by atoms with Crippen LogP contribution in [-0.2, 0) is 9.47 Å². The zero-order valence-corrected chi connectivity index (χ0v) is 10.9. The quantitative estimate of drug-likeness (QED) is 0.694. The lowest BCUT2D eigenvalue weighted by atomic mass is 10.1. The highest BCUT2D eigenvalue weighted by atomic mass is 16.5. The standard InChI is InChI=1S/C12H26N2O2/c1-11(8-13-12(2)10-15-3)9-14-4-6-16-7-5-14/h11-13H,4-10H2,1-3H3/t11-,12+/m1/s1. The Labute approximate surface area is 99.3 Å². The summed E-state index contributed by atoms with van der Waals surface area (Å²) in [6.45, 7) is 11.4. The van der Waals surface area contributed by atoms with Crippen molar-refractivity contribution < 1.29 is 9.47 Å². The summed E-state index contributed by atoms with van der Waals surface area (Å²) >= 11 is 0. The van der Waals surface area contributed by atoms with Crippen LogP contribution >= 0.6 is 0 Å². The lowest BCUT2D eigenvalue weighted by molar-refractivity contribution is 0.0315. The fraction of sp³-hybridized carbons (Fsp3) is 1.00. The first-order valence-electron chi connectivity index (χ1n) is 6.24. The van der Waals surface area contributed by atoms with Crippen molar-refractivity contribution in [2.75, 3.05) is 53.1 Å². The third-order valence-electron chi connectivity index (χ3n) is 2.91. The summed E-state index contributed by atoms with van der Waals surface area (Å²) in [5.41, 5.74) is 0. The highest BCUT2D eigenvalue weighted by molar-refractivity contribution is 4.69. The predicted molar refractivity (Wildman–Crippen MR) is 65.8 cm³/mol. The first-order valence-corrected chi connectivity index (χ1v) is 6.24. The van der Waals surface area contributed by atoms with E-state index in [0.717, 1.165) is 46.0 Å². The summed E-state index contributed by atoms with van der Waals surface area (Å²) in [7, 11) is 1.75. The van der Waals surface area contributed by atoms with Gasteiger partial charge >= 0.3 is 0 Å². The first-order chi connectivity index (χ1) is 7.72. The van der Waals surface area contributed by atoms with Gasteiger partial charge in [-0.05, 0) is 19.4 Å². The third kappa shape index (κ3) is 5.80. The second-order valence-corrected chi connectivity index (χ2v) is 4.78. The number of morpholine rings is 1. The van der Waals surface area contributed by atoms with E-state index in [0.29, 0.717) is 12.0 Å². The highest BCUT2D eigenvalue weighted by Crippen LogP contribution is 2.02.